The lowest BCUT2D eigenvalue weighted by atomic mass is 9.95. The fourth-order valence-corrected chi connectivity index (χ4v) is 3.01. The van der Waals surface area contributed by atoms with E-state index in [1.54, 1.807) is 0 Å². The molecular formula is C15H22N2O. The van der Waals surface area contributed by atoms with E-state index in [0.717, 1.165) is 38.2 Å². The number of fused-ring (bicyclic) bond motifs is 1. The number of hydrogen-bond donors (Lipinski definition) is 2. The van der Waals surface area contributed by atoms with Crippen molar-refractivity contribution in [1.82, 2.24) is 5.32 Å². The van der Waals surface area contributed by atoms with Gasteiger partial charge in [-0.05, 0) is 55.8 Å². The van der Waals surface area contributed by atoms with Gasteiger partial charge in [-0.3, -0.25) is 0 Å². The van der Waals surface area contributed by atoms with Crippen molar-refractivity contribution < 1.29 is 4.74 Å². The molecule has 2 unspecified atom stereocenters. The molecule has 0 radical (unpaired) electrons. The largest absolute Gasteiger partial charge is 0.493 e. The number of aryl methyl sites for hydroxylation is 1. The Morgan fingerprint density at radius 3 is 3.17 bits per heavy atom. The zero-order chi connectivity index (χ0) is 12.4. The molecule has 3 rings (SSSR count). The molecule has 0 bridgehead atoms. The second-order valence-electron chi connectivity index (χ2n) is 5.45. The van der Waals surface area contributed by atoms with Crippen molar-refractivity contribution in [3.05, 3.63) is 29.3 Å². The molecule has 2 aliphatic heterocycles. The van der Waals surface area contributed by atoms with Gasteiger partial charge in [-0.1, -0.05) is 12.1 Å². The minimum absolute atomic E-state index is 0.146. The molecule has 1 aromatic carbocycles. The molecule has 0 aromatic heterocycles. The molecule has 2 aliphatic rings. The Morgan fingerprint density at radius 1 is 1.39 bits per heavy atom. The highest BCUT2D eigenvalue weighted by atomic mass is 16.5. The van der Waals surface area contributed by atoms with Gasteiger partial charge in [0.15, 0.2) is 0 Å². The zero-order valence-electron chi connectivity index (χ0n) is 10.8. The van der Waals surface area contributed by atoms with Gasteiger partial charge in [0, 0.05) is 12.1 Å². The van der Waals surface area contributed by atoms with Crippen molar-refractivity contribution in [1.29, 1.82) is 0 Å². The van der Waals surface area contributed by atoms with Crippen molar-refractivity contribution in [2.75, 3.05) is 13.2 Å². The summed E-state index contributed by atoms with van der Waals surface area (Å²) < 4.78 is 5.64. The molecule has 2 heterocycles. The van der Waals surface area contributed by atoms with Crippen molar-refractivity contribution in [2.45, 2.75) is 44.2 Å². The van der Waals surface area contributed by atoms with Crippen LogP contribution in [0.25, 0.3) is 0 Å². The van der Waals surface area contributed by atoms with Gasteiger partial charge in [0.05, 0.1) is 6.61 Å². The summed E-state index contributed by atoms with van der Waals surface area (Å²) >= 11 is 0. The van der Waals surface area contributed by atoms with Gasteiger partial charge in [-0.25, -0.2) is 0 Å². The average molecular weight is 246 g/mol. The molecule has 0 saturated carbocycles. The topological polar surface area (TPSA) is 47.3 Å². The fraction of sp³-hybridized carbons (Fsp3) is 0.600. The van der Waals surface area contributed by atoms with E-state index in [0.29, 0.717) is 6.04 Å². The number of benzene rings is 1. The summed E-state index contributed by atoms with van der Waals surface area (Å²) in [6, 6.07) is 7.21. The van der Waals surface area contributed by atoms with Crippen molar-refractivity contribution in [2.24, 2.45) is 5.73 Å². The highest BCUT2D eigenvalue weighted by Crippen LogP contribution is 2.29. The molecule has 18 heavy (non-hydrogen) atoms. The summed E-state index contributed by atoms with van der Waals surface area (Å²) in [7, 11) is 0. The summed E-state index contributed by atoms with van der Waals surface area (Å²) in [5, 5.41) is 3.51. The van der Waals surface area contributed by atoms with E-state index in [1.165, 1.54) is 24.0 Å². The summed E-state index contributed by atoms with van der Waals surface area (Å²) in [6.45, 7) is 2.00. The van der Waals surface area contributed by atoms with Crippen LogP contribution in [0.2, 0.25) is 0 Å². The maximum absolute atomic E-state index is 6.33. The van der Waals surface area contributed by atoms with Gasteiger partial charge in [0.2, 0.25) is 0 Å². The van der Waals surface area contributed by atoms with Crippen LogP contribution in [0.5, 0.6) is 5.75 Å². The molecule has 98 valence electrons. The number of hydrogen-bond acceptors (Lipinski definition) is 3. The first-order chi connectivity index (χ1) is 8.83. The highest BCUT2D eigenvalue weighted by Gasteiger charge is 2.19. The average Bonchev–Trinajstić information content (AvgIpc) is 2.91. The van der Waals surface area contributed by atoms with E-state index < -0.39 is 0 Å². The number of ether oxygens (including phenoxy) is 1. The number of nitrogens with two attached hydrogens (primary N) is 1. The van der Waals surface area contributed by atoms with E-state index in [1.807, 2.05) is 0 Å². The lowest BCUT2D eigenvalue weighted by Crippen LogP contribution is -2.26. The van der Waals surface area contributed by atoms with Crippen molar-refractivity contribution >= 4 is 0 Å². The van der Waals surface area contributed by atoms with Gasteiger partial charge in [-0.2, -0.15) is 0 Å². The molecule has 0 amide bonds. The minimum atomic E-state index is 0.146. The smallest absolute Gasteiger partial charge is 0.122 e. The first-order valence-electron chi connectivity index (χ1n) is 7.07. The predicted molar refractivity (Wildman–Crippen MR) is 72.8 cm³/mol. The molecule has 3 heteroatoms. The molecule has 0 aliphatic carbocycles. The van der Waals surface area contributed by atoms with E-state index in [2.05, 4.69) is 23.5 Å². The van der Waals surface area contributed by atoms with Gasteiger partial charge >= 0.3 is 0 Å². The molecule has 0 spiro atoms. The molecule has 3 nitrogen and oxygen atoms in total. The summed E-state index contributed by atoms with van der Waals surface area (Å²) in [6.07, 6.45) is 5.84. The maximum Gasteiger partial charge on any atom is 0.122 e. The molecule has 1 fully saturated rings. The molecule has 3 N–H and O–H groups in total. The lowest BCUT2D eigenvalue weighted by molar-refractivity contribution is 0.288. The van der Waals surface area contributed by atoms with Crippen LogP contribution in [0.4, 0.5) is 0 Å². The third kappa shape index (κ3) is 2.52. The fourth-order valence-electron chi connectivity index (χ4n) is 3.01. The monoisotopic (exact) mass is 246 g/mol. The van der Waals surface area contributed by atoms with Crippen molar-refractivity contribution in [3.63, 3.8) is 0 Å². The first kappa shape index (κ1) is 12.0. The molecular weight excluding hydrogens is 224 g/mol. The molecule has 2 atom stereocenters. The third-order valence-corrected chi connectivity index (χ3v) is 4.06. The quantitative estimate of drug-likeness (QED) is 0.859. The summed E-state index contributed by atoms with van der Waals surface area (Å²) in [5.41, 5.74) is 8.91. The van der Waals surface area contributed by atoms with Crippen LogP contribution in [0, 0.1) is 0 Å². The van der Waals surface area contributed by atoms with Crippen LogP contribution in [-0.4, -0.2) is 19.2 Å². The molecule has 1 aromatic rings. The Kier molecular flexibility index (Phi) is 3.52. The maximum atomic E-state index is 6.33. The van der Waals surface area contributed by atoms with Gasteiger partial charge in [0.1, 0.15) is 5.75 Å². The standard InChI is InChI=1S/C15H22N2O/c16-14(10-13-4-1-7-17-13)11-5-6-15-12(9-11)3-2-8-18-15/h5-6,9,13-14,17H,1-4,7-8,10,16H2. The van der Waals surface area contributed by atoms with Crippen LogP contribution < -0.4 is 15.8 Å². The molecule has 1 saturated heterocycles. The van der Waals surface area contributed by atoms with Gasteiger partial charge < -0.3 is 15.8 Å². The lowest BCUT2D eigenvalue weighted by Gasteiger charge is -2.21. The van der Waals surface area contributed by atoms with Crippen LogP contribution in [0.1, 0.15) is 42.9 Å². The highest BCUT2D eigenvalue weighted by molar-refractivity contribution is 5.39. The summed E-state index contributed by atoms with van der Waals surface area (Å²) in [4.78, 5) is 0. The van der Waals surface area contributed by atoms with Crippen LogP contribution in [0.15, 0.2) is 18.2 Å². The Hall–Kier alpha value is -1.06. The van der Waals surface area contributed by atoms with Gasteiger partial charge in [0.25, 0.3) is 0 Å². The van der Waals surface area contributed by atoms with Crippen LogP contribution >= 0.6 is 0 Å². The van der Waals surface area contributed by atoms with Crippen LogP contribution in [0.3, 0.4) is 0 Å². The Balaban J connectivity index is 1.70. The number of rotatable bonds is 3. The zero-order valence-corrected chi connectivity index (χ0v) is 10.8. The van der Waals surface area contributed by atoms with E-state index >= 15 is 0 Å². The van der Waals surface area contributed by atoms with Crippen molar-refractivity contribution in [3.8, 4) is 5.75 Å². The van der Waals surface area contributed by atoms with E-state index in [9.17, 15) is 0 Å². The summed E-state index contributed by atoms with van der Waals surface area (Å²) in [5.74, 6) is 1.05. The Bertz CT molecular complexity index is 413. The second kappa shape index (κ2) is 5.29. The minimum Gasteiger partial charge on any atom is -0.493 e. The first-order valence-corrected chi connectivity index (χ1v) is 7.07. The number of nitrogens with one attached hydrogen (secondary N) is 1. The van der Waals surface area contributed by atoms with E-state index in [-0.39, 0.29) is 6.04 Å². The Morgan fingerprint density at radius 2 is 2.33 bits per heavy atom. The second-order valence-corrected chi connectivity index (χ2v) is 5.45. The SMILES string of the molecule is NC(CC1CCCN1)c1ccc2c(c1)CCCO2. The third-order valence-electron chi connectivity index (χ3n) is 4.06. The Labute approximate surface area is 109 Å². The normalized spacial score (nSPS) is 24.4. The predicted octanol–water partition coefficient (Wildman–Crippen LogP) is 2.15. The van der Waals surface area contributed by atoms with Gasteiger partial charge in [-0.15, -0.1) is 0 Å². The van der Waals surface area contributed by atoms with E-state index in [4.69, 9.17) is 10.5 Å². The van der Waals surface area contributed by atoms with Crippen LogP contribution in [-0.2, 0) is 6.42 Å².